The van der Waals surface area contributed by atoms with Crippen LogP contribution in [0, 0.1) is 0 Å². The summed E-state index contributed by atoms with van der Waals surface area (Å²) < 4.78 is 53.9. The zero-order valence-electron chi connectivity index (χ0n) is 13.1. The van der Waals surface area contributed by atoms with Crippen molar-refractivity contribution in [2.75, 3.05) is 13.2 Å². The van der Waals surface area contributed by atoms with Gasteiger partial charge >= 0.3 is 12.1 Å². The van der Waals surface area contributed by atoms with E-state index >= 15 is 0 Å². The third-order valence-corrected chi connectivity index (χ3v) is 3.61. The van der Waals surface area contributed by atoms with Crippen LogP contribution < -0.4 is 9.47 Å². The number of hydrogen-bond acceptors (Lipinski definition) is 4. The molecule has 0 fully saturated rings. The van der Waals surface area contributed by atoms with Gasteiger partial charge in [-0.05, 0) is 35.4 Å². The molecule has 0 spiro atoms. The van der Waals surface area contributed by atoms with Gasteiger partial charge in [0.15, 0.2) is 11.5 Å². The van der Waals surface area contributed by atoms with E-state index in [0.29, 0.717) is 30.3 Å². The minimum atomic E-state index is -4.43. The average Bonchev–Trinajstić information content (AvgIpc) is 2.59. The number of esters is 1. The molecule has 0 aliphatic carbocycles. The van der Waals surface area contributed by atoms with Crippen molar-refractivity contribution in [2.24, 2.45) is 0 Å². The van der Waals surface area contributed by atoms with Crippen LogP contribution in [-0.4, -0.2) is 19.2 Å². The van der Waals surface area contributed by atoms with E-state index in [1.165, 1.54) is 12.1 Å². The number of fused-ring (bicyclic) bond motifs is 1. The first-order valence-electron chi connectivity index (χ1n) is 7.62. The first kappa shape index (κ1) is 17.1. The summed E-state index contributed by atoms with van der Waals surface area (Å²) in [4.78, 5) is 11.9. The first-order chi connectivity index (χ1) is 11.9. The Hall–Kier alpha value is -2.70. The number of halogens is 3. The zero-order chi connectivity index (χ0) is 17.9. The number of ether oxygens (including phenoxy) is 3. The van der Waals surface area contributed by atoms with Gasteiger partial charge in [0.2, 0.25) is 0 Å². The quantitative estimate of drug-likeness (QED) is 0.786. The topological polar surface area (TPSA) is 44.8 Å². The number of carbonyl (C=O) groups excluding carboxylic acids is 1. The normalized spacial score (nSPS) is 13.4. The molecule has 0 bridgehead atoms. The summed E-state index contributed by atoms with van der Waals surface area (Å²) in [6.07, 6.45) is -4.43. The highest BCUT2D eigenvalue weighted by Crippen LogP contribution is 2.31. The molecule has 2 aromatic rings. The van der Waals surface area contributed by atoms with Crippen molar-refractivity contribution in [3.8, 4) is 11.5 Å². The van der Waals surface area contributed by atoms with Crippen LogP contribution in [0.2, 0.25) is 0 Å². The van der Waals surface area contributed by atoms with Gasteiger partial charge in [-0.25, -0.2) is 0 Å². The molecule has 0 N–H and O–H groups in total. The molecule has 1 aliphatic heterocycles. The summed E-state index contributed by atoms with van der Waals surface area (Å²) in [5.41, 5.74) is 0.191. The van der Waals surface area contributed by atoms with E-state index in [1.807, 2.05) is 0 Å². The van der Waals surface area contributed by atoms with Crippen LogP contribution >= 0.6 is 0 Å². The van der Waals surface area contributed by atoms with Crippen LogP contribution in [0.15, 0.2) is 42.5 Å². The van der Waals surface area contributed by atoms with Crippen LogP contribution in [0.1, 0.15) is 16.7 Å². The third kappa shape index (κ3) is 4.43. The van der Waals surface area contributed by atoms with E-state index in [0.717, 1.165) is 12.1 Å². The maximum Gasteiger partial charge on any atom is 0.416 e. The van der Waals surface area contributed by atoms with Crippen LogP contribution in [0.25, 0.3) is 0 Å². The largest absolute Gasteiger partial charge is 0.486 e. The van der Waals surface area contributed by atoms with Gasteiger partial charge in [-0.15, -0.1) is 0 Å². The molecule has 0 radical (unpaired) electrons. The fourth-order valence-corrected chi connectivity index (χ4v) is 2.42. The smallest absolute Gasteiger partial charge is 0.416 e. The highest BCUT2D eigenvalue weighted by molar-refractivity contribution is 5.73. The summed E-state index contributed by atoms with van der Waals surface area (Å²) in [6.45, 7) is 0.704. The molecule has 0 atom stereocenters. The van der Waals surface area contributed by atoms with Gasteiger partial charge in [0.1, 0.15) is 19.8 Å². The molecule has 0 saturated heterocycles. The van der Waals surface area contributed by atoms with Gasteiger partial charge in [0, 0.05) is 0 Å². The monoisotopic (exact) mass is 352 g/mol. The van der Waals surface area contributed by atoms with E-state index in [2.05, 4.69) is 0 Å². The zero-order valence-corrected chi connectivity index (χ0v) is 13.1. The number of hydrogen-bond donors (Lipinski definition) is 0. The standard InChI is InChI=1S/C18H15F3O4/c19-18(20,21)14-3-1-2-13(8-14)11-25-17(22)10-12-4-5-15-16(9-12)24-7-6-23-15/h1-5,8-9H,6-7,10-11H2. The molecular weight excluding hydrogens is 337 g/mol. The highest BCUT2D eigenvalue weighted by atomic mass is 19.4. The van der Waals surface area contributed by atoms with Crippen molar-refractivity contribution in [3.63, 3.8) is 0 Å². The SMILES string of the molecule is O=C(Cc1ccc2c(c1)OCCO2)OCc1cccc(C(F)(F)F)c1. The Balaban J connectivity index is 1.58. The summed E-state index contributed by atoms with van der Waals surface area (Å²) in [6, 6.07) is 9.83. The van der Waals surface area contributed by atoms with Crippen molar-refractivity contribution in [1.29, 1.82) is 0 Å². The van der Waals surface area contributed by atoms with Gasteiger partial charge in [0.25, 0.3) is 0 Å². The molecular formula is C18H15F3O4. The van der Waals surface area contributed by atoms with Crippen molar-refractivity contribution in [1.82, 2.24) is 0 Å². The number of benzene rings is 2. The fourth-order valence-electron chi connectivity index (χ4n) is 2.42. The maximum absolute atomic E-state index is 12.7. The summed E-state index contributed by atoms with van der Waals surface area (Å²) in [7, 11) is 0. The molecule has 25 heavy (non-hydrogen) atoms. The molecule has 3 rings (SSSR count). The summed E-state index contributed by atoms with van der Waals surface area (Å²) in [5, 5.41) is 0. The summed E-state index contributed by atoms with van der Waals surface area (Å²) >= 11 is 0. The average molecular weight is 352 g/mol. The van der Waals surface area contributed by atoms with Crippen LogP contribution in [0.4, 0.5) is 13.2 Å². The lowest BCUT2D eigenvalue weighted by Crippen LogP contribution is -2.16. The second-order valence-corrected chi connectivity index (χ2v) is 5.51. The molecule has 7 heteroatoms. The van der Waals surface area contributed by atoms with Crippen LogP contribution in [0.5, 0.6) is 11.5 Å². The van der Waals surface area contributed by atoms with Crippen molar-refractivity contribution >= 4 is 5.97 Å². The molecule has 2 aromatic carbocycles. The van der Waals surface area contributed by atoms with E-state index < -0.39 is 17.7 Å². The predicted octanol–water partition coefficient (Wildman–Crippen LogP) is 3.76. The molecule has 0 amide bonds. The Bertz CT molecular complexity index is 771. The lowest BCUT2D eigenvalue weighted by atomic mass is 10.1. The number of carbonyl (C=O) groups is 1. The Morgan fingerprint density at radius 3 is 2.52 bits per heavy atom. The van der Waals surface area contributed by atoms with Crippen LogP contribution in [0.3, 0.4) is 0 Å². The van der Waals surface area contributed by atoms with Gasteiger partial charge in [-0.2, -0.15) is 13.2 Å². The second kappa shape index (κ2) is 7.04. The lowest BCUT2D eigenvalue weighted by molar-refractivity contribution is -0.144. The predicted molar refractivity (Wildman–Crippen MR) is 82.4 cm³/mol. The Morgan fingerprint density at radius 2 is 1.76 bits per heavy atom. The van der Waals surface area contributed by atoms with Crippen molar-refractivity contribution < 1.29 is 32.2 Å². The highest BCUT2D eigenvalue weighted by Gasteiger charge is 2.30. The third-order valence-electron chi connectivity index (χ3n) is 3.61. The maximum atomic E-state index is 12.7. The molecule has 0 unspecified atom stereocenters. The summed E-state index contributed by atoms with van der Waals surface area (Å²) in [5.74, 6) is 0.649. The van der Waals surface area contributed by atoms with E-state index in [4.69, 9.17) is 14.2 Å². The van der Waals surface area contributed by atoms with E-state index in [-0.39, 0.29) is 18.6 Å². The fraction of sp³-hybridized carbons (Fsp3) is 0.278. The molecule has 1 heterocycles. The first-order valence-corrected chi connectivity index (χ1v) is 7.62. The van der Waals surface area contributed by atoms with Crippen molar-refractivity contribution in [3.05, 3.63) is 59.2 Å². The van der Waals surface area contributed by atoms with Crippen LogP contribution in [-0.2, 0) is 28.7 Å². The van der Waals surface area contributed by atoms with Gasteiger partial charge < -0.3 is 14.2 Å². The van der Waals surface area contributed by atoms with E-state index in [9.17, 15) is 18.0 Å². The molecule has 0 saturated carbocycles. The van der Waals surface area contributed by atoms with E-state index in [1.54, 1.807) is 18.2 Å². The van der Waals surface area contributed by atoms with Gasteiger partial charge in [-0.3, -0.25) is 4.79 Å². The van der Waals surface area contributed by atoms with Crippen molar-refractivity contribution in [2.45, 2.75) is 19.2 Å². The number of alkyl halides is 3. The minimum absolute atomic E-state index is 0.00436. The van der Waals surface area contributed by atoms with Gasteiger partial charge in [-0.1, -0.05) is 18.2 Å². The molecule has 0 aromatic heterocycles. The molecule has 4 nitrogen and oxygen atoms in total. The Morgan fingerprint density at radius 1 is 1.00 bits per heavy atom. The molecule has 132 valence electrons. The minimum Gasteiger partial charge on any atom is -0.486 e. The molecule has 1 aliphatic rings. The number of rotatable bonds is 4. The Labute approximate surface area is 142 Å². The second-order valence-electron chi connectivity index (χ2n) is 5.51. The van der Waals surface area contributed by atoms with Gasteiger partial charge in [0.05, 0.1) is 12.0 Å². The Kier molecular flexibility index (Phi) is 4.83. The lowest BCUT2D eigenvalue weighted by Gasteiger charge is -2.18.